The number of carbonyl (C=O) groups is 1. The number of aliphatic carboxylic acids is 1. The minimum atomic E-state index is -2.59. The van der Waals surface area contributed by atoms with Crippen molar-refractivity contribution in [2.75, 3.05) is 13.2 Å². The molecule has 1 unspecified atom stereocenters. The minimum absolute atomic E-state index is 0.765. The van der Waals surface area contributed by atoms with Crippen molar-refractivity contribution in [1.29, 1.82) is 0 Å². The highest BCUT2D eigenvalue weighted by atomic mass is 16.7. The number of aliphatic hydroxyl groups is 8. The van der Waals surface area contributed by atoms with Gasteiger partial charge in [-0.2, -0.15) is 0 Å². The zero-order chi connectivity index (χ0) is 20.5. The topological polar surface area (TPSA) is 227 Å². The molecule has 0 bridgehead atoms. The van der Waals surface area contributed by atoms with Crippen molar-refractivity contribution in [3.05, 3.63) is 0 Å². The fourth-order valence-corrected chi connectivity index (χ4v) is 2.94. The molecular weight excluding hydrogens is 376 g/mol. The molecule has 158 valence electrons. The Morgan fingerprint density at radius 1 is 1.07 bits per heavy atom. The monoisotopic (exact) mass is 400 g/mol. The van der Waals surface area contributed by atoms with E-state index in [1.54, 1.807) is 0 Å². The molecule has 0 saturated carbocycles. The Bertz CT molecular complexity index is 517. The zero-order valence-electron chi connectivity index (χ0n) is 14.0. The molecule has 0 radical (unpaired) electrons. The first-order valence-corrected chi connectivity index (χ1v) is 8.12. The van der Waals surface area contributed by atoms with Crippen LogP contribution in [0.1, 0.15) is 6.42 Å². The number of hydrogen-bond donors (Lipinski definition) is 9. The van der Waals surface area contributed by atoms with E-state index in [-0.39, 0.29) is 0 Å². The Balaban J connectivity index is 2.16. The summed E-state index contributed by atoms with van der Waals surface area (Å²) in [5.74, 6) is -4.33. The van der Waals surface area contributed by atoms with Crippen LogP contribution in [-0.4, -0.2) is 126 Å². The van der Waals surface area contributed by atoms with E-state index in [1.165, 1.54) is 0 Å². The number of hydrogen-bond acceptors (Lipinski definition) is 12. The quantitative estimate of drug-likeness (QED) is 0.203. The maximum Gasteiger partial charge on any atom is 0.364 e. The molecule has 2 aliphatic heterocycles. The average Bonchev–Trinajstić information content (AvgIpc) is 2.63. The molecule has 10 atom stereocenters. The molecular formula is C14H24O13. The van der Waals surface area contributed by atoms with Gasteiger partial charge >= 0.3 is 5.97 Å². The normalized spacial score (nSPS) is 46.8. The average molecular weight is 400 g/mol. The van der Waals surface area contributed by atoms with Crippen molar-refractivity contribution in [2.24, 2.45) is 0 Å². The standard InChI is InChI=1S/C14H24O13/c15-2-5(17)11-7(18)4(16)1-14(27-11,13(23)24)25-3-6-8(19)9(20)10(21)12(22)26-6/h4-12,15-22H,1-3H2,(H,23,24)/t4-,5-,6-,7-,8-,9+,10-,11-,12?,14-/m1/s1. The van der Waals surface area contributed by atoms with Crippen molar-refractivity contribution < 1.29 is 65.0 Å². The second-order valence-electron chi connectivity index (χ2n) is 6.50. The van der Waals surface area contributed by atoms with Crippen LogP contribution in [0.15, 0.2) is 0 Å². The van der Waals surface area contributed by atoms with Gasteiger partial charge in [-0.05, 0) is 0 Å². The van der Waals surface area contributed by atoms with Crippen LogP contribution in [0.5, 0.6) is 0 Å². The first kappa shape index (κ1) is 22.3. The van der Waals surface area contributed by atoms with Gasteiger partial charge in [-0.1, -0.05) is 0 Å². The molecule has 13 heteroatoms. The molecule has 2 fully saturated rings. The third-order valence-corrected chi connectivity index (χ3v) is 4.60. The second-order valence-corrected chi connectivity index (χ2v) is 6.50. The van der Waals surface area contributed by atoms with Gasteiger partial charge in [0, 0.05) is 6.42 Å². The molecule has 0 aromatic rings. The van der Waals surface area contributed by atoms with Crippen LogP contribution in [0.2, 0.25) is 0 Å². The Morgan fingerprint density at radius 3 is 2.26 bits per heavy atom. The van der Waals surface area contributed by atoms with Gasteiger partial charge in [-0.3, -0.25) is 0 Å². The second kappa shape index (κ2) is 8.59. The largest absolute Gasteiger partial charge is 0.477 e. The summed E-state index contributed by atoms with van der Waals surface area (Å²) in [5.41, 5.74) is 0. The molecule has 2 aliphatic rings. The van der Waals surface area contributed by atoms with Crippen LogP contribution < -0.4 is 0 Å². The van der Waals surface area contributed by atoms with Gasteiger partial charge in [0.05, 0.1) is 19.3 Å². The Labute approximate surface area is 152 Å². The van der Waals surface area contributed by atoms with Crippen molar-refractivity contribution in [2.45, 2.75) is 67.3 Å². The van der Waals surface area contributed by atoms with Crippen molar-refractivity contribution >= 4 is 5.97 Å². The van der Waals surface area contributed by atoms with Gasteiger partial charge in [0.1, 0.15) is 42.7 Å². The first-order chi connectivity index (χ1) is 12.5. The lowest BCUT2D eigenvalue weighted by molar-refractivity contribution is -0.342. The van der Waals surface area contributed by atoms with E-state index in [2.05, 4.69) is 0 Å². The molecule has 27 heavy (non-hydrogen) atoms. The van der Waals surface area contributed by atoms with Gasteiger partial charge in [-0.25, -0.2) is 4.79 Å². The number of carboxylic acid groups (broad SMARTS) is 1. The summed E-state index contributed by atoms with van der Waals surface area (Å²) in [6, 6.07) is 0. The highest BCUT2D eigenvalue weighted by Crippen LogP contribution is 2.33. The highest BCUT2D eigenvalue weighted by Gasteiger charge is 2.55. The molecule has 9 N–H and O–H groups in total. The van der Waals surface area contributed by atoms with Crippen molar-refractivity contribution in [3.63, 3.8) is 0 Å². The molecule has 0 spiro atoms. The van der Waals surface area contributed by atoms with Gasteiger partial charge in [0.25, 0.3) is 5.79 Å². The molecule has 2 rings (SSSR count). The fraction of sp³-hybridized carbons (Fsp3) is 0.929. The number of carboxylic acids is 1. The molecule has 13 nitrogen and oxygen atoms in total. The van der Waals surface area contributed by atoms with E-state index in [1.807, 2.05) is 0 Å². The first-order valence-electron chi connectivity index (χ1n) is 8.12. The summed E-state index contributed by atoms with van der Waals surface area (Å²) in [7, 11) is 0. The van der Waals surface area contributed by atoms with E-state index >= 15 is 0 Å². The summed E-state index contributed by atoms with van der Waals surface area (Å²) in [4.78, 5) is 11.7. The maximum absolute atomic E-state index is 11.7. The Kier molecular flexibility index (Phi) is 7.10. The fourth-order valence-electron chi connectivity index (χ4n) is 2.94. The van der Waals surface area contributed by atoms with E-state index in [0.29, 0.717) is 0 Å². The summed E-state index contributed by atoms with van der Waals surface area (Å²) in [5, 5.41) is 86.4. The van der Waals surface area contributed by atoms with Crippen molar-refractivity contribution in [3.8, 4) is 0 Å². The van der Waals surface area contributed by atoms with E-state index < -0.39 is 86.5 Å². The SMILES string of the molecule is O=C(O)[C@@]1(OC[C@H]2OC(O)[C@H](O)[C@@H](O)[C@@H]2O)C[C@@H](O)[C@@H](O)[C@@H]([C@H](O)CO)O1. The predicted octanol–water partition coefficient (Wildman–Crippen LogP) is -5.55. The molecule has 2 heterocycles. The summed E-state index contributed by atoms with van der Waals surface area (Å²) < 4.78 is 15.1. The van der Waals surface area contributed by atoms with Gasteiger partial charge in [0.15, 0.2) is 6.29 Å². The Morgan fingerprint density at radius 2 is 1.70 bits per heavy atom. The lowest BCUT2D eigenvalue weighted by atomic mass is 9.92. The lowest BCUT2D eigenvalue weighted by Gasteiger charge is -2.45. The molecule has 0 aromatic heterocycles. The van der Waals surface area contributed by atoms with Gasteiger partial charge in [-0.15, -0.1) is 0 Å². The van der Waals surface area contributed by atoms with Crippen LogP contribution in [-0.2, 0) is 19.0 Å². The third kappa shape index (κ3) is 4.38. The minimum Gasteiger partial charge on any atom is -0.477 e. The molecule has 0 aromatic carbocycles. The van der Waals surface area contributed by atoms with Crippen LogP contribution >= 0.6 is 0 Å². The van der Waals surface area contributed by atoms with Crippen LogP contribution in [0.3, 0.4) is 0 Å². The highest BCUT2D eigenvalue weighted by molar-refractivity contribution is 5.76. The molecule has 0 aliphatic carbocycles. The Hall–Kier alpha value is -0.970. The van der Waals surface area contributed by atoms with Crippen molar-refractivity contribution in [1.82, 2.24) is 0 Å². The number of aliphatic hydroxyl groups excluding tert-OH is 8. The molecule has 2 saturated heterocycles. The van der Waals surface area contributed by atoms with E-state index in [0.717, 1.165) is 0 Å². The van der Waals surface area contributed by atoms with E-state index in [4.69, 9.17) is 19.3 Å². The van der Waals surface area contributed by atoms with Gasteiger partial charge < -0.3 is 60.2 Å². The maximum atomic E-state index is 11.7. The van der Waals surface area contributed by atoms with Gasteiger partial charge in [0.2, 0.25) is 0 Å². The zero-order valence-corrected chi connectivity index (χ0v) is 14.0. The summed E-state index contributed by atoms with van der Waals surface area (Å²) in [6.45, 7) is -1.66. The lowest BCUT2D eigenvalue weighted by Crippen LogP contribution is -2.64. The van der Waals surface area contributed by atoms with Crippen LogP contribution in [0, 0.1) is 0 Å². The molecule has 0 amide bonds. The number of ether oxygens (including phenoxy) is 3. The third-order valence-electron chi connectivity index (χ3n) is 4.60. The smallest absolute Gasteiger partial charge is 0.364 e. The number of rotatable bonds is 6. The van der Waals surface area contributed by atoms with Crippen LogP contribution in [0.4, 0.5) is 0 Å². The summed E-state index contributed by atoms with van der Waals surface area (Å²) in [6.07, 6.45) is -16.3. The predicted molar refractivity (Wildman–Crippen MR) is 79.8 cm³/mol. The van der Waals surface area contributed by atoms with Crippen LogP contribution in [0.25, 0.3) is 0 Å². The summed E-state index contributed by atoms with van der Waals surface area (Å²) >= 11 is 0. The van der Waals surface area contributed by atoms with E-state index in [9.17, 15) is 45.6 Å².